The summed E-state index contributed by atoms with van der Waals surface area (Å²) in [7, 11) is 1.63. The molecule has 8 heteroatoms. The first kappa shape index (κ1) is 19.2. The number of piperidine rings is 1. The molecule has 7 nitrogen and oxygen atoms in total. The van der Waals surface area contributed by atoms with Crippen LogP contribution in [-0.2, 0) is 9.68 Å². The Balaban J connectivity index is 1.33. The summed E-state index contributed by atoms with van der Waals surface area (Å²) in [6, 6.07) is 13.4. The summed E-state index contributed by atoms with van der Waals surface area (Å²) in [6.45, 7) is 1.03. The average molecular weight is 399 g/mol. The summed E-state index contributed by atoms with van der Waals surface area (Å²) >= 11 is 0. The van der Waals surface area contributed by atoms with Gasteiger partial charge in [-0.3, -0.25) is 15.6 Å². The lowest BCUT2D eigenvalue weighted by atomic mass is 9.91. The van der Waals surface area contributed by atoms with Gasteiger partial charge in [0.25, 0.3) is 0 Å². The van der Waals surface area contributed by atoms with Gasteiger partial charge in [0.05, 0.1) is 12.8 Å². The molecule has 4 rings (SSSR count). The van der Waals surface area contributed by atoms with Gasteiger partial charge in [-0.15, -0.1) is 5.06 Å². The first-order chi connectivity index (χ1) is 14.0. The molecule has 1 saturated heterocycles. The monoisotopic (exact) mass is 399 g/mol. The smallest absolute Gasteiger partial charge is 0.430 e. The molecule has 2 aromatic carbocycles. The number of hydroxylamine groups is 3. The Labute approximate surface area is 168 Å². The van der Waals surface area contributed by atoms with Crippen molar-refractivity contribution in [3.8, 4) is 5.75 Å². The number of amides is 1. The third-order valence-corrected chi connectivity index (χ3v) is 5.00. The number of nitrogens with one attached hydrogen (secondary N) is 2. The number of hydrogen-bond acceptors (Lipinski definition) is 6. The average Bonchev–Trinajstić information content (AvgIpc) is 3.14. The van der Waals surface area contributed by atoms with Crippen LogP contribution in [0.15, 0.2) is 54.6 Å². The molecular formula is C21H22FN3O4. The number of carbonyl (C=O) groups is 1. The number of nitrogens with zero attached hydrogens (tertiary/aromatic N) is 1. The van der Waals surface area contributed by atoms with Crippen molar-refractivity contribution in [2.24, 2.45) is 0 Å². The van der Waals surface area contributed by atoms with Gasteiger partial charge in [-0.05, 0) is 49.2 Å². The van der Waals surface area contributed by atoms with Crippen molar-refractivity contribution in [3.63, 3.8) is 0 Å². The van der Waals surface area contributed by atoms with Crippen LogP contribution >= 0.6 is 0 Å². The summed E-state index contributed by atoms with van der Waals surface area (Å²) in [5.74, 6) is 0.353. The van der Waals surface area contributed by atoms with E-state index in [0.717, 1.165) is 17.0 Å². The highest BCUT2D eigenvalue weighted by molar-refractivity contribution is 5.84. The van der Waals surface area contributed by atoms with Crippen molar-refractivity contribution in [2.75, 3.05) is 25.5 Å². The fourth-order valence-electron chi connectivity index (χ4n) is 3.44. The van der Waals surface area contributed by atoms with Gasteiger partial charge in [0.1, 0.15) is 17.2 Å². The summed E-state index contributed by atoms with van der Waals surface area (Å²) in [6.07, 6.45) is 2.73. The van der Waals surface area contributed by atoms with Crippen LogP contribution in [0, 0.1) is 5.82 Å². The minimum atomic E-state index is -0.648. The molecule has 2 heterocycles. The minimum absolute atomic E-state index is 0.345. The van der Waals surface area contributed by atoms with E-state index < -0.39 is 17.5 Å². The Morgan fingerprint density at radius 3 is 2.76 bits per heavy atom. The van der Waals surface area contributed by atoms with E-state index in [1.165, 1.54) is 18.2 Å². The Kier molecular flexibility index (Phi) is 5.37. The first-order valence-electron chi connectivity index (χ1n) is 9.36. The predicted molar refractivity (Wildman–Crippen MR) is 105 cm³/mol. The molecule has 2 aliphatic heterocycles. The number of rotatable bonds is 4. The van der Waals surface area contributed by atoms with Crippen LogP contribution in [0.2, 0.25) is 0 Å². The Bertz CT molecular complexity index is 926. The third kappa shape index (κ3) is 4.49. The quantitative estimate of drug-likeness (QED) is 0.817. The highest BCUT2D eigenvalue weighted by atomic mass is 19.1. The van der Waals surface area contributed by atoms with Gasteiger partial charge in [0.15, 0.2) is 0 Å². The third-order valence-electron chi connectivity index (χ3n) is 5.00. The van der Waals surface area contributed by atoms with Crippen molar-refractivity contribution in [1.82, 2.24) is 10.5 Å². The van der Waals surface area contributed by atoms with Crippen LogP contribution in [0.4, 0.5) is 14.9 Å². The molecule has 1 fully saturated rings. The van der Waals surface area contributed by atoms with Crippen molar-refractivity contribution in [1.29, 1.82) is 0 Å². The van der Waals surface area contributed by atoms with Crippen molar-refractivity contribution < 1.29 is 23.6 Å². The molecule has 1 spiro atoms. The molecule has 0 bridgehead atoms. The molecule has 152 valence electrons. The highest BCUT2D eigenvalue weighted by Gasteiger charge is 2.39. The Morgan fingerprint density at radius 1 is 1.21 bits per heavy atom. The minimum Gasteiger partial charge on any atom is -0.497 e. The first-order valence-corrected chi connectivity index (χ1v) is 9.36. The summed E-state index contributed by atoms with van der Waals surface area (Å²) in [4.78, 5) is 23.2. The molecule has 0 radical (unpaired) electrons. The van der Waals surface area contributed by atoms with E-state index in [0.29, 0.717) is 31.6 Å². The summed E-state index contributed by atoms with van der Waals surface area (Å²) < 4.78 is 18.5. The van der Waals surface area contributed by atoms with Gasteiger partial charge < -0.3 is 9.57 Å². The van der Waals surface area contributed by atoms with Crippen molar-refractivity contribution >= 4 is 17.5 Å². The number of ether oxygens (including phenoxy) is 1. The van der Waals surface area contributed by atoms with Crippen LogP contribution in [-0.4, -0.2) is 37.0 Å². The Hall–Kier alpha value is -3.10. The van der Waals surface area contributed by atoms with Crippen LogP contribution in [0.3, 0.4) is 0 Å². The van der Waals surface area contributed by atoms with E-state index in [4.69, 9.17) is 14.4 Å². The molecule has 1 amide bonds. The second-order valence-electron chi connectivity index (χ2n) is 7.00. The fraction of sp³-hybridized carbons (Fsp3) is 0.286. The van der Waals surface area contributed by atoms with E-state index in [1.54, 1.807) is 18.2 Å². The molecule has 0 aromatic heterocycles. The summed E-state index contributed by atoms with van der Waals surface area (Å²) in [5, 5.41) is 4.10. The molecule has 2 N–H and O–H groups in total. The normalized spacial score (nSPS) is 18.1. The lowest BCUT2D eigenvalue weighted by molar-refractivity contribution is -0.153. The van der Waals surface area contributed by atoms with Gasteiger partial charge in [-0.1, -0.05) is 18.2 Å². The van der Waals surface area contributed by atoms with Gasteiger partial charge in [-0.2, -0.15) is 0 Å². The van der Waals surface area contributed by atoms with E-state index in [9.17, 15) is 9.18 Å². The standard InChI is InChI=1S/C21H22FN3O4/c1-27-18-7-2-4-15(12-18)19-14-21(29-24-19)8-10-25(11-9-21)28-20(26)23-17-6-3-5-16(22)13-17/h2-7,12-14,24H,8-11H2,1H3,(H,23,26). The molecule has 2 aromatic rings. The van der Waals surface area contributed by atoms with E-state index in [2.05, 4.69) is 16.9 Å². The zero-order valence-electron chi connectivity index (χ0n) is 16.0. The largest absolute Gasteiger partial charge is 0.497 e. The molecule has 0 aliphatic carbocycles. The second kappa shape index (κ2) is 8.10. The van der Waals surface area contributed by atoms with Gasteiger partial charge in [-0.25, -0.2) is 9.18 Å². The number of carbonyl (C=O) groups excluding carboxylic acids is 1. The number of hydrogen-bond donors (Lipinski definition) is 2. The van der Waals surface area contributed by atoms with E-state index in [-0.39, 0.29) is 0 Å². The Morgan fingerprint density at radius 2 is 2.00 bits per heavy atom. The molecule has 29 heavy (non-hydrogen) atoms. The van der Waals surface area contributed by atoms with E-state index >= 15 is 0 Å². The highest BCUT2D eigenvalue weighted by Crippen LogP contribution is 2.35. The van der Waals surface area contributed by atoms with Crippen LogP contribution in [0.25, 0.3) is 5.70 Å². The zero-order chi connectivity index (χ0) is 20.3. The van der Waals surface area contributed by atoms with Crippen molar-refractivity contribution in [2.45, 2.75) is 18.4 Å². The number of benzene rings is 2. The van der Waals surface area contributed by atoms with E-state index in [1.807, 2.05) is 24.3 Å². The molecule has 0 saturated carbocycles. The van der Waals surface area contributed by atoms with Crippen LogP contribution < -0.4 is 15.5 Å². The van der Waals surface area contributed by atoms with Gasteiger partial charge in [0, 0.05) is 24.3 Å². The number of methoxy groups -OCH3 is 1. The number of anilines is 1. The molecule has 0 unspecified atom stereocenters. The van der Waals surface area contributed by atoms with Gasteiger partial charge >= 0.3 is 6.09 Å². The fourth-order valence-corrected chi connectivity index (χ4v) is 3.44. The predicted octanol–water partition coefficient (Wildman–Crippen LogP) is 3.71. The van der Waals surface area contributed by atoms with Crippen LogP contribution in [0.5, 0.6) is 5.75 Å². The molecule has 0 atom stereocenters. The van der Waals surface area contributed by atoms with Gasteiger partial charge in [0.2, 0.25) is 0 Å². The second-order valence-corrected chi connectivity index (χ2v) is 7.00. The lowest BCUT2D eigenvalue weighted by Gasteiger charge is -2.35. The maximum Gasteiger partial charge on any atom is 0.430 e. The lowest BCUT2D eigenvalue weighted by Crippen LogP contribution is -2.45. The molecular weight excluding hydrogens is 377 g/mol. The maximum absolute atomic E-state index is 13.2. The zero-order valence-corrected chi connectivity index (χ0v) is 16.0. The topological polar surface area (TPSA) is 72.1 Å². The number of halogens is 1. The summed E-state index contributed by atoms with van der Waals surface area (Å²) in [5.41, 5.74) is 4.78. The molecule has 2 aliphatic rings. The van der Waals surface area contributed by atoms with Crippen molar-refractivity contribution in [3.05, 3.63) is 66.0 Å². The van der Waals surface area contributed by atoms with Crippen LogP contribution in [0.1, 0.15) is 18.4 Å². The SMILES string of the molecule is COc1cccc(C2=CC3(CCN(OC(=O)Nc4cccc(F)c4)CC3)ON2)c1. The maximum atomic E-state index is 13.2.